The minimum absolute atomic E-state index is 0.124. The van der Waals surface area contributed by atoms with E-state index in [1.54, 1.807) is 4.68 Å². The van der Waals surface area contributed by atoms with Crippen molar-refractivity contribution in [3.8, 4) is 5.82 Å². The number of nitrogens with one attached hydrogen (secondary N) is 1. The monoisotopic (exact) mass is 369 g/mol. The van der Waals surface area contributed by atoms with Crippen LogP contribution in [-0.4, -0.2) is 40.4 Å². The molecule has 1 amide bonds. The largest absolute Gasteiger partial charge is 0.619 e. The van der Waals surface area contributed by atoms with Crippen molar-refractivity contribution in [3.05, 3.63) is 40.7 Å². The summed E-state index contributed by atoms with van der Waals surface area (Å²) >= 11 is 0. The van der Waals surface area contributed by atoms with Gasteiger partial charge in [0.15, 0.2) is 11.9 Å². The molecule has 2 aromatic rings. The van der Waals surface area contributed by atoms with Crippen molar-refractivity contribution in [3.63, 3.8) is 0 Å². The zero-order valence-electron chi connectivity index (χ0n) is 15.1. The molecule has 0 bridgehead atoms. The summed E-state index contributed by atoms with van der Waals surface area (Å²) in [6.07, 6.45) is 9.28. The molecule has 0 unspecified atom stereocenters. The maximum absolute atomic E-state index is 12.9. The second-order valence-electron chi connectivity index (χ2n) is 7.81. The van der Waals surface area contributed by atoms with Crippen molar-refractivity contribution in [1.82, 2.24) is 20.1 Å². The number of hydrogen-bond donors (Lipinski definition) is 1. The van der Waals surface area contributed by atoms with E-state index in [4.69, 9.17) is 4.74 Å². The highest BCUT2D eigenvalue weighted by Crippen LogP contribution is 2.55. The fourth-order valence-electron chi connectivity index (χ4n) is 4.43. The summed E-state index contributed by atoms with van der Waals surface area (Å²) in [5.74, 6) is 1.92. The summed E-state index contributed by atoms with van der Waals surface area (Å²) in [7, 11) is 0. The van der Waals surface area contributed by atoms with Crippen LogP contribution in [0.25, 0.3) is 5.82 Å². The van der Waals surface area contributed by atoms with E-state index >= 15 is 0 Å². The second-order valence-corrected chi connectivity index (χ2v) is 7.81. The van der Waals surface area contributed by atoms with E-state index in [1.165, 1.54) is 18.6 Å². The van der Waals surface area contributed by atoms with Crippen molar-refractivity contribution in [2.75, 3.05) is 19.8 Å². The lowest BCUT2D eigenvalue weighted by atomic mass is 9.95. The van der Waals surface area contributed by atoms with E-state index in [-0.39, 0.29) is 5.91 Å². The summed E-state index contributed by atoms with van der Waals surface area (Å²) in [6.45, 7) is 2.19. The molecule has 2 aliphatic carbocycles. The van der Waals surface area contributed by atoms with Gasteiger partial charge in [0, 0.05) is 31.2 Å². The molecule has 0 radical (unpaired) electrons. The maximum atomic E-state index is 12.9. The molecule has 8 nitrogen and oxygen atoms in total. The van der Waals surface area contributed by atoms with E-state index in [0.717, 1.165) is 56.6 Å². The van der Waals surface area contributed by atoms with Gasteiger partial charge in [-0.15, -0.1) is 0 Å². The number of nitrogens with zero attached hydrogens (tertiary/aromatic N) is 4. The lowest BCUT2D eigenvalue weighted by Crippen LogP contribution is -2.33. The zero-order valence-corrected chi connectivity index (χ0v) is 15.1. The normalized spacial score (nSPS) is 24.1. The Labute approximate surface area is 157 Å². The van der Waals surface area contributed by atoms with Gasteiger partial charge in [-0.2, -0.15) is 9.83 Å². The van der Waals surface area contributed by atoms with Crippen LogP contribution < -0.4 is 10.0 Å². The lowest BCUT2D eigenvalue weighted by Gasteiger charge is -2.22. The number of aromatic nitrogens is 4. The van der Waals surface area contributed by atoms with Crippen molar-refractivity contribution in [2.45, 2.75) is 38.0 Å². The third-order valence-corrected chi connectivity index (χ3v) is 6.05. The molecule has 1 aliphatic heterocycles. The van der Waals surface area contributed by atoms with Crippen LogP contribution in [0.2, 0.25) is 0 Å². The molecule has 142 valence electrons. The predicted octanol–water partition coefficient (Wildman–Crippen LogP) is 1.11. The molecule has 1 saturated heterocycles. The van der Waals surface area contributed by atoms with Crippen LogP contribution >= 0.6 is 0 Å². The van der Waals surface area contributed by atoms with E-state index < -0.39 is 0 Å². The third kappa shape index (κ3) is 3.07. The fourth-order valence-corrected chi connectivity index (χ4v) is 4.43. The summed E-state index contributed by atoms with van der Waals surface area (Å²) < 4.78 is 7.82. The molecular weight excluding hydrogens is 346 g/mol. The number of fused-ring (bicyclic) bond motifs is 3. The Morgan fingerprint density at radius 2 is 2.22 bits per heavy atom. The van der Waals surface area contributed by atoms with Crippen molar-refractivity contribution in [2.24, 2.45) is 11.8 Å². The van der Waals surface area contributed by atoms with Crippen molar-refractivity contribution in [1.29, 1.82) is 0 Å². The van der Waals surface area contributed by atoms with Gasteiger partial charge in [0.25, 0.3) is 5.91 Å². The summed E-state index contributed by atoms with van der Waals surface area (Å²) in [6, 6.07) is 0. The topological polar surface area (TPSA) is 96.0 Å². The smallest absolute Gasteiger partial charge is 0.272 e. The Balaban J connectivity index is 1.44. The van der Waals surface area contributed by atoms with Crippen LogP contribution in [0.4, 0.5) is 0 Å². The minimum Gasteiger partial charge on any atom is -0.619 e. The van der Waals surface area contributed by atoms with E-state index in [0.29, 0.717) is 40.5 Å². The van der Waals surface area contributed by atoms with Gasteiger partial charge in [0.05, 0.1) is 11.9 Å². The fraction of sp³-hybridized carbons (Fsp3) is 0.579. The number of rotatable bonds is 4. The number of hydrogen-bond acceptors (Lipinski definition) is 5. The third-order valence-electron chi connectivity index (χ3n) is 6.05. The number of carbonyl (C=O) groups is 1. The van der Waals surface area contributed by atoms with Crippen LogP contribution in [0.3, 0.4) is 0 Å². The summed E-state index contributed by atoms with van der Waals surface area (Å²) in [4.78, 5) is 17.2. The Morgan fingerprint density at radius 3 is 3.04 bits per heavy atom. The molecule has 27 heavy (non-hydrogen) atoms. The Bertz CT molecular complexity index is 874. The molecule has 0 aromatic carbocycles. The average Bonchev–Trinajstić information content (AvgIpc) is 3.39. The average molecular weight is 369 g/mol. The van der Waals surface area contributed by atoms with Crippen LogP contribution in [0.15, 0.2) is 18.6 Å². The predicted molar refractivity (Wildman–Crippen MR) is 95.4 cm³/mol. The molecule has 3 heterocycles. The first kappa shape index (κ1) is 16.7. The van der Waals surface area contributed by atoms with Gasteiger partial charge in [-0.05, 0) is 43.9 Å². The molecule has 1 saturated carbocycles. The number of amides is 1. The molecule has 2 fully saturated rings. The van der Waals surface area contributed by atoms with Crippen LogP contribution in [0.5, 0.6) is 0 Å². The van der Waals surface area contributed by atoms with E-state index in [2.05, 4.69) is 15.4 Å². The van der Waals surface area contributed by atoms with Gasteiger partial charge in [-0.3, -0.25) is 4.79 Å². The first-order valence-electron chi connectivity index (χ1n) is 9.73. The summed E-state index contributed by atoms with van der Waals surface area (Å²) in [5.41, 5.74) is 2.59. The molecule has 5 rings (SSSR count). The van der Waals surface area contributed by atoms with Gasteiger partial charge in [0.1, 0.15) is 0 Å². The van der Waals surface area contributed by atoms with Gasteiger partial charge in [-0.1, -0.05) is 0 Å². The van der Waals surface area contributed by atoms with Crippen LogP contribution in [0.1, 0.15) is 53.3 Å². The molecule has 2 atom stereocenters. The van der Waals surface area contributed by atoms with Gasteiger partial charge >= 0.3 is 0 Å². The second kappa shape index (κ2) is 6.60. The number of ether oxygens (including phenoxy) is 1. The van der Waals surface area contributed by atoms with E-state index in [9.17, 15) is 10.0 Å². The molecule has 2 aromatic heterocycles. The molecule has 8 heteroatoms. The quantitative estimate of drug-likeness (QED) is 0.643. The Hall–Kier alpha value is -2.48. The van der Waals surface area contributed by atoms with Gasteiger partial charge in [0.2, 0.25) is 12.0 Å². The highest BCUT2D eigenvalue weighted by molar-refractivity contribution is 5.94. The standard InChI is InChI=1S/C19H23N5O3/c25-19(21-10-12-3-7-27-8-4-12)17-14-2-1-13-9-15(13)18(14)24(22-17)16-11-23(26)6-5-20-16/h5-6,11-13,15H,1-4,7-10H2,(H,21,25)/t13-,15+/m1/s1. The minimum atomic E-state index is -0.124. The summed E-state index contributed by atoms with van der Waals surface area (Å²) in [5, 5.41) is 19.4. The van der Waals surface area contributed by atoms with Gasteiger partial charge in [-0.25, -0.2) is 9.67 Å². The maximum Gasteiger partial charge on any atom is 0.272 e. The highest BCUT2D eigenvalue weighted by atomic mass is 16.5. The molecule has 0 spiro atoms. The van der Waals surface area contributed by atoms with Crippen molar-refractivity contribution < 1.29 is 14.3 Å². The Morgan fingerprint density at radius 1 is 1.37 bits per heavy atom. The Kier molecular flexibility index (Phi) is 4.07. The van der Waals surface area contributed by atoms with Crippen LogP contribution in [-0.2, 0) is 11.2 Å². The SMILES string of the molecule is O=C(NCC1CCOCC1)c1nn(-c2c[n+]([O-])ccn2)c2c1CC[C@@H]1C[C@H]21. The molecular formula is C19H23N5O3. The lowest BCUT2D eigenvalue weighted by molar-refractivity contribution is -0.605. The van der Waals surface area contributed by atoms with Crippen molar-refractivity contribution >= 4 is 5.91 Å². The number of carbonyl (C=O) groups excluding carboxylic acids is 1. The zero-order chi connectivity index (χ0) is 18.4. The van der Waals surface area contributed by atoms with Crippen LogP contribution in [0, 0.1) is 17.0 Å². The molecule has 3 aliphatic rings. The first-order chi connectivity index (χ1) is 13.2. The first-order valence-corrected chi connectivity index (χ1v) is 9.73. The molecule has 1 N–H and O–H groups in total. The van der Waals surface area contributed by atoms with Gasteiger partial charge < -0.3 is 15.3 Å². The van der Waals surface area contributed by atoms with E-state index in [1.807, 2.05) is 0 Å². The highest BCUT2D eigenvalue weighted by Gasteiger charge is 2.47.